The maximum absolute atomic E-state index is 11.9. The third-order valence-corrected chi connectivity index (χ3v) is 4.45. The van der Waals surface area contributed by atoms with E-state index >= 15 is 0 Å². The Morgan fingerprint density at radius 3 is 2.71 bits per heavy atom. The van der Waals surface area contributed by atoms with Crippen LogP contribution in [-0.2, 0) is 11.2 Å². The molecule has 0 unspecified atom stereocenters. The Morgan fingerprint density at radius 1 is 1.17 bits per heavy atom. The molecule has 0 spiro atoms. The highest BCUT2D eigenvalue weighted by Crippen LogP contribution is 2.40. The second-order valence-electron chi connectivity index (χ2n) is 6.48. The second-order valence-corrected chi connectivity index (χ2v) is 6.48. The summed E-state index contributed by atoms with van der Waals surface area (Å²) in [6, 6.07) is 16.3. The van der Waals surface area contributed by atoms with Gasteiger partial charge in [-0.2, -0.15) is 5.10 Å². The maximum Gasteiger partial charge on any atom is 0.226 e. The number of rotatable bonds is 3. The molecule has 2 aromatic carbocycles. The fourth-order valence-corrected chi connectivity index (χ4v) is 3.13. The van der Waals surface area contributed by atoms with Crippen molar-refractivity contribution < 1.29 is 4.79 Å². The molecule has 2 N–H and O–H groups in total. The van der Waals surface area contributed by atoms with Crippen LogP contribution in [0.2, 0.25) is 0 Å². The average molecular weight is 317 g/mol. The van der Waals surface area contributed by atoms with Crippen molar-refractivity contribution in [3.8, 4) is 22.5 Å². The van der Waals surface area contributed by atoms with Gasteiger partial charge in [-0.25, -0.2) is 0 Å². The Morgan fingerprint density at radius 2 is 1.96 bits per heavy atom. The van der Waals surface area contributed by atoms with Crippen LogP contribution < -0.4 is 5.32 Å². The number of hydrogen-bond acceptors (Lipinski definition) is 2. The predicted octanol–water partition coefficient (Wildman–Crippen LogP) is 4.24. The third-order valence-electron chi connectivity index (χ3n) is 4.45. The molecular formula is C20H19N3O. The lowest BCUT2D eigenvalue weighted by Crippen LogP contribution is -2.17. The highest BCUT2D eigenvalue weighted by Gasteiger charge is 2.25. The van der Waals surface area contributed by atoms with Crippen LogP contribution in [-0.4, -0.2) is 16.1 Å². The van der Waals surface area contributed by atoms with Crippen molar-refractivity contribution >= 4 is 11.6 Å². The summed E-state index contributed by atoms with van der Waals surface area (Å²) in [5.41, 5.74) is 7.69. The van der Waals surface area contributed by atoms with Crippen molar-refractivity contribution in [3.05, 3.63) is 59.7 Å². The molecule has 0 atom stereocenters. The number of H-pyrrole nitrogens is 1. The number of aromatic nitrogens is 2. The van der Waals surface area contributed by atoms with Crippen LogP contribution in [0, 0.1) is 5.92 Å². The topological polar surface area (TPSA) is 57.8 Å². The SMILES string of the molecule is CC(C)C(=O)Nc1ccc2c(c1)Cc1c(-c3ccccc3)n[nH]c1-2. The summed E-state index contributed by atoms with van der Waals surface area (Å²) in [6.07, 6.45) is 0.830. The van der Waals surface area contributed by atoms with Gasteiger partial charge >= 0.3 is 0 Å². The number of nitrogens with zero attached hydrogens (tertiary/aromatic N) is 1. The lowest BCUT2D eigenvalue weighted by atomic mass is 10.1. The van der Waals surface area contributed by atoms with Crippen LogP contribution in [0.3, 0.4) is 0 Å². The largest absolute Gasteiger partial charge is 0.326 e. The van der Waals surface area contributed by atoms with Gasteiger partial charge in [0.05, 0.1) is 11.4 Å². The summed E-state index contributed by atoms with van der Waals surface area (Å²) >= 11 is 0. The predicted molar refractivity (Wildman–Crippen MR) is 95.7 cm³/mol. The Kier molecular flexibility index (Phi) is 3.45. The van der Waals surface area contributed by atoms with Crippen molar-refractivity contribution in [2.75, 3.05) is 5.32 Å². The van der Waals surface area contributed by atoms with Gasteiger partial charge in [-0.1, -0.05) is 50.2 Å². The van der Waals surface area contributed by atoms with Gasteiger partial charge in [0.2, 0.25) is 5.91 Å². The van der Waals surface area contributed by atoms with E-state index in [4.69, 9.17) is 0 Å². The molecule has 1 heterocycles. The number of benzene rings is 2. The minimum Gasteiger partial charge on any atom is -0.326 e. The van der Waals surface area contributed by atoms with Gasteiger partial charge in [0.15, 0.2) is 0 Å². The molecular weight excluding hydrogens is 298 g/mol. The van der Waals surface area contributed by atoms with Crippen molar-refractivity contribution in [2.45, 2.75) is 20.3 Å². The smallest absolute Gasteiger partial charge is 0.226 e. The zero-order chi connectivity index (χ0) is 16.7. The molecule has 3 aromatic rings. The molecule has 0 bridgehead atoms. The summed E-state index contributed by atoms with van der Waals surface area (Å²) in [7, 11) is 0. The molecule has 0 radical (unpaired) electrons. The molecule has 0 aliphatic heterocycles. The lowest BCUT2D eigenvalue weighted by molar-refractivity contribution is -0.118. The van der Waals surface area contributed by atoms with E-state index in [0.717, 1.165) is 29.1 Å². The van der Waals surface area contributed by atoms with Crippen LogP contribution in [0.25, 0.3) is 22.5 Å². The van der Waals surface area contributed by atoms with E-state index in [1.807, 2.05) is 38.1 Å². The van der Waals surface area contributed by atoms with Crippen LogP contribution in [0.1, 0.15) is 25.0 Å². The summed E-state index contributed by atoms with van der Waals surface area (Å²) < 4.78 is 0. The van der Waals surface area contributed by atoms with E-state index < -0.39 is 0 Å². The molecule has 4 rings (SSSR count). The summed E-state index contributed by atoms with van der Waals surface area (Å²) in [4.78, 5) is 11.9. The molecule has 1 amide bonds. The zero-order valence-electron chi connectivity index (χ0n) is 13.8. The number of nitrogens with one attached hydrogen (secondary N) is 2. The fraction of sp³-hybridized carbons (Fsp3) is 0.200. The van der Waals surface area contributed by atoms with Gasteiger partial charge in [-0.15, -0.1) is 0 Å². The maximum atomic E-state index is 11.9. The number of amides is 1. The molecule has 1 aliphatic rings. The van der Waals surface area contributed by atoms with Crippen molar-refractivity contribution in [3.63, 3.8) is 0 Å². The fourth-order valence-electron chi connectivity index (χ4n) is 3.13. The van der Waals surface area contributed by atoms with Crippen molar-refractivity contribution in [1.29, 1.82) is 0 Å². The van der Waals surface area contributed by atoms with E-state index in [1.165, 1.54) is 16.7 Å². The molecule has 4 heteroatoms. The molecule has 120 valence electrons. The number of hydrogen-bond donors (Lipinski definition) is 2. The van der Waals surface area contributed by atoms with E-state index in [0.29, 0.717) is 0 Å². The monoisotopic (exact) mass is 317 g/mol. The molecule has 0 fully saturated rings. The Balaban J connectivity index is 1.67. The van der Waals surface area contributed by atoms with Gasteiger partial charge in [0, 0.05) is 34.7 Å². The van der Waals surface area contributed by atoms with E-state index in [9.17, 15) is 4.79 Å². The van der Waals surface area contributed by atoms with Gasteiger partial charge < -0.3 is 5.32 Å². The number of anilines is 1. The van der Waals surface area contributed by atoms with Crippen LogP contribution in [0.15, 0.2) is 48.5 Å². The lowest BCUT2D eigenvalue weighted by Gasteiger charge is -2.09. The highest BCUT2D eigenvalue weighted by molar-refractivity contribution is 5.93. The molecule has 1 aliphatic carbocycles. The van der Waals surface area contributed by atoms with Gasteiger partial charge in [0.25, 0.3) is 0 Å². The van der Waals surface area contributed by atoms with Crippen LogP contribution in [0.4, 0.5) is 5.69 Å². The standard InChI is InChI=1S/C20H19N3O/c1-12(2)20(24)21-15-8-9-16-14(10-15)11-17-18(22-23-19(16)17)13-6-4-3-5-7-13/h3-10,12H,11H2,1-2H3,(H,21,24)(H,22,23). The Labute approximate surface area is 140 Å². The number of carbonyl (C=O) groups is 1. The van der Waals surface area contributed by atoms with Crippen LogP contribution in [0.5, 0.6) is 0 Å². The van der Waals surface area contributed by atoms with Gasteiger partial charge in [0.1, 0.15) is 0 Å². The first kappa shape index (κ1) is 14.7. The zero-order valence-corrected chi connectivity index (χ0v) is 13.8. The average Bonchev–Trinajstić information content (AvgIpc) is 3.14. The summed E-state index contributed by atoms with van der Waals surface area (Å²) in [5, 5.41) is 10.7. The second kappa shape index (κ2) is 5.64. The molecule has 1 aromatic heterocycles. The third kappa shape index (κ3) is 2.40. The minimum absolute atomic E-state index is 0.0279. The van der Waals surface area contributed by atoms with E-state index in [1.54, 1.807) is 0 Å². The van der Waals surface area contributed by atoms with Gasteiger partial charge in [-0.05, 0) is 17.7 Å². The first-order valence-corrected chi connectivity index (χ1v) is 8.20. The normalized spacial score (nSPS) is 12.1. The Hall–Kier alpha value is -2.88. The number of fused-ring (bicyclic) bond motifs is 3. The molecule has 24 heavy (non-hydrogen) atoms. The van der Waals surface area contributed by atoms with Gasteiger partial charge in [-0.3, -0.25) is 9.89 Å². The first-order chi connectivity index (χ1) is 11.6. The summed E-state index contributed by atoms with van der Waals surface area (Å²) in [5.74, 6) is 0.0120. The summed E-state index contributed by atoms with van der Waals surface area (Å²) in [6.45, 7) is 3.79. The highest BCUT2D eigenvalue weighted by atomic mass is 16.1. The first-order valence-electron chi connectivity index (χ1n) is 8.20. The number of carbonyl (C=O) groups excluding carboxylic acids is 1. The number of aromatic amines is 1. The van der Waals surface area contributed by atoms with Crippen molar-refractivity contribution in [2.24, 2.45) is 5.92 Å². The van der Waals surface area contributed by atoms with Crippen LogP contribution >= 0.6 is 0 Å². The molecule has 0 saturated heterocycles. The van der Waals surface area contributed by atoms with E-state index in [2.05, 4.69) is 39.8 Å². The molecule has 4 nitrogen and oxygen atoms in total. The Bertz CT molecular complexity index is 910. The van der Waals surface area contributed by atoms with Crippen molar-refractivity contribution in [1.82, 2.24) is 10.2 Å². The quantitative estimate of drug-likeness (QED) is 0.593. The molecule has 0 saturated carbocycles. The van der Waals surface area contributed by atoms with E-state index in [-0.39, 0.29) is 11.8 Å². The minimum atomic E-state index is -0.0279.